The van der Waals surface area contributed by atoms with Gasteiger partial charge in [-0.2, -0.15) is 13.2 Å². The smallest absolute Gasteiger partial charge is 0.433 e. The van der Waals surface area contributed by atoms with Gasteiger partial charge in [0.1, 0.15) is 23.6 Å². The number of likely N-dealkylation sites (tertiary alicyclic amines) is 1. The molecule has 2 aromatic rings. The van der Waals surface area contributed by atoms with E-state index in [1.54, 1.807) is 36.3 Å². The van der Waals surface area contributed by atoms with E-state index in [1.807, 2.05) is 0 Å². The number of rotatable bonds is 4. The lowest BCUT2D eigenvalue weighted by Crippen LogP contribution is -2.44. The summed E-state index contributed by atoms with van der Waals surface area (Å²) in [5.41, 5.74) is -0.356. The standard InChI is InChI=1S/C18H20F3N5O2/c1-28-14-4-2-3-13(9-14)25-17(27)26-7-5-12(6-8-26)24-16-10-15(18(19,20)21)22-11-23-16/h2-4,9-12H,5-8H2,1H3,(H,25,27)(H,22,23,24). The minimum atomic E-state index is -4.51. The summed E-state index contributed by atoms with van der Waals surface area (Å²) in [6.07, 6.45) is -2.43. The third kappa shape index (κ3) is 5.02. The number of ether oxygens (including phenoxy) is 1. The van der Waals surface area contributed by atoms with Crippen LogP contribution in [0.1, 0.15) is 18.5 Å². The van der Waals surface area contributed by atoms with Gasteiger partial charge in [-0.1, -0.05) is 6.07 Å². The first kappa shape index (κ1) is 19.7. The molecule has 1 aromatic carbocycles. The third-order valence-corrected chi connectivity index (χ3v) is 4.41. The molecule has 0 aliphatic carbocycles. The third-order valence-electron chi connectivity index (χ3n) is 4.41. The SMILES string of the molecule is COc1cccc(NC(=O)N2CCC(Nc3cc(C(F)(F)F)ncn3)CC2)c1. The number of carbonyl (C=O) groups excluding carboxylic acids is 1. The van der Waals surface area contributed by atoms with E-state index in [2.05, 4.69) is 20.6 Å². The summed E-state index contributed by atoms with van der Waals surface area (Å²) in [4.78, 5) is 21.2. The zero-order valence-electron chi connectivity index (χ0n) is 15.2. The number of urea groups is 1. The molecule has 10 heteroatoms. The molecule has 2 heterocycles. The first-order valence-electron chi connectivity index (χ1n) is 8.71. The maximum atomic E-state index is 12.7. The highest BCUT2D eigenvalue weighted by molar-refractivity contribution is 5.89. The van der Waals surface area contributed by atoms with E-state index in [-0.39, 0.29) is 17.9 Å². The minimum absolute atomic E-state index is 0.0724. The van der Waals surface area contributed by atoms with Crippen molar-refractivity contribution >= 4 is 17.5 Å². The predicted molar refractivity (Wildman–Crippen MR) is 97.3 cm³/mol. The summed E-state index contributed by atoms with van der Waals surface area (Å²) in [7, 11) is 1.55. The number of hydrogen-bond donors (Lipinski definition) is 2. The molecule has 28 heavy (non-hydrogen) atoms. The Hall–Kier alpha value is -3.04. The van der Waals surface area contributed by atoms with Crippen molar-refractivity contribution in [2.24, 2.45) is 0 Å². The van der Waals surface area contributed by atoms with E-state index in [0.29, 0.717) is 37.4 Å². The summed E-state index contributed by atoms with van der Waals surface area (Å²) < 4.78 is 43.3. The molecule has 1 aromatic heterocycles. The zero-order valence-corrected chi connectivity index (χ0v) is 15.2. The lowest BCUT2D eigenvalue weighted by atomic mass is 10.1. The molecule has 0 saturated carbocycles. The average molecular weight is 395 g/mol. The maximum Gasteiger partial charge on any atom is 0.433 e. The Kier molecular flexibility index (Phi) is 5.86. The number of anilines is 2. The fourth-order valence-electron chi connectivity index (χ4n) is 2.93. The summed E-state index contributed by atoms with van der Waals surface area (Å²) in [6.45, 7) is 0.954. The lowest BCUT2D eigenvalue weighted by molar-refractivity contribution is -0.141. The molecule has 2 amide bonds. The van der Waals surface area contributed by atoms with Gasteiger partial charge in [0.05, 0.1) is 7.11 Å². The van der Waals surface area contributed by atoms with Crippen molar-refractivity contribution in [2.75, 3.05) is 30.8 Å². The zero-order chi connectivity index (χ0) is 20.1. The highest BCUT2D eigenvalue weighted by Gasteiger charge is 2.33. The average Bonchev–Trinajstić information content (AvgIpc) is 2.68. The van der Waals surface area contributed by atoms with Crippen molar-refractivity contribution in [2.45, 2.75) is 25.1 Å². The van der Waals surface area contributed by atoms with Crippen molar-refractivity contribution in [3.63, 3.8) is 0 Å². The number of methoxy groups -OCH3 is 1. The van der Waals surface area contributed by atoms with Gasteiger partial charge in [0, 0.05) is 37.0 Å². The van der Waals surface area contributed by atoms with Crippen molar-refractivity contribution in [3.8, 4) is 5.75 Å². The van der Waals surface area contributed by atoms with Crippen LogP contribution in [0.3, 0.4) is 0 Å². The van der Waals surface area contributed by atoms with Crippen LogP contribution >= 0.6 is 0 Å². The Morgan fingerprint density at radius 1 is 1.21 bits per heavy atom. The molecule has 150 valence electrons. The Morgan fingerprint density at radius 3 is 2.64 bits per heavy atom. The van der Waals surface area contributed by atoms with Gasteiger partial charge in [0.2, 0.25) is 0 Å². The van der Waals surface area contributed by atoms with E-state index in [0.717, 1.165) is 12.4 Å². The van der Waals surface area contributed by atoms with Crippen LogP contribution < -0.4 is 15.4 Å². The predicted octanol–water partition coefficient (Wildman–Crippen LogP) is 3.61. The molecular formula is C18H20F3N5O2. The summed E-state index contributed by atoms with van der Waals surface area (Å²) in [5.74, 6) is 0.769. The number of halogens is 3. The normalized spacial score (nSPS) is 15.2. The molecule has 1 saturated heterocycles. The van der Waals surface area contributed by atoms with Crippen LogP contribution in [0.25, 0.3) is 0 Å². The second-order valence-electron chi connectivity index (χ2n) is 6.35. The molecule has 2 N–H and O–H groups in total. The molecule has 0 radical (unpaired) electrons. The van der Waals surface area contributed by atoms with Gasteiger partial charge < -0.3 is 20.3 Å². The van der Waals surface area contributed by atoms with Crippen molar-refractivity contribution in [1.82, 2.24) is 14.9 Å². The molecule has 1 fully saturated rings. The van der Waals surface area contributed by atoms with Crippen LogP contribution in [-0.4, -0.2) is 47.1 Å². The summed E-state index contributed by atoms with van der Waals surface area (Å²) in [6, 6.07) is 7.64. The number of hydrogen-bond acceptors (Lipinski definition) is 5. The number of aromatic nitrogens is 2. The highest BCUT2D eigenvalue weighted by Crippen LogP contribution is 2.28. The van der Waals surface area contributed by atoms with Gasteiger partial charge in [-0.15, -0.1) is 0 Å². The Morgan fingerprint density at radius 2 is 1.96 bits per heavy atom. The van der Waals surface area contributed by atoms with Gasteiger partial charge in [0.15, 0.2) is 0 Å². The molecule has 1 aliphatic rings. The molecule has 1 aliphatic heterocycles. The van der Waals surface area contributed by atoms with Crippen molar-refractivity contribution in [3.05, 3.63) is 42.4 Å². The summed E-state index contributed by atoms with van der Waals surface area (Å²) >= 11 is 0. The van der Waals surface area contributed by atoms with Crippen LogP contribution in [0.4, 0.5) is 29.5 Å². The van der Waals surface area contributed by atoms with E-state index in [9.17, 15) is 18.0 Å². The number of benzene rings is 1. The summed E-state index contributed by atoms with van der Waals surface area (Å²) in [5, 5.41) is 5.81. The van der Waals surface area contributed by atoms with Gasteiger partial charge in [-0.05, 0) is 25.0 Å². The number of alkyl halides is 3. The van der Waals surface area contributed by atoms with Crippen molar-refractivity contribution in [1.29, 1.82) is 0 Å². The molecule has 0 unspecified atom stereocenters. The minimum Gasteiger partial charge on any atom is -0.497 e. The number of nitrogens with zero attached hydrogens (tertiary/aromatic N) is 3. The van der Waals surface area contributed by atoms with E-state index >= 15 is 0 Å². The largest absolute Gasteiger partial charge is 0.497 e. The van der Waals surface area contributed by atoms with Gasteiger partial charge in [-0.25, -0.2) is 14.8 Å². The second-order valence-corrected chi connectivity index (χ2v) is 6.35. The highest BCUT2D eigenvalue weighted by atomic mass is 19.4. The molecule has 0 atom stereocenters. The van der Waals surface area contributed by atoms with Crippen LogP contribution in [0.5, 0.6) is 5.75 Å². The fourth-order valence-corrected chi connectivity index (χ4v) is 2.93. The quantitative estimate of drug-likeness (QED) is 0.827. The molecule has 0 bridgehead atoms. The first-order chi connectivity index (χ1) is 13.3. The molecule has 0 spiro atoms. The van der Waals surface area contributed by atoms with Crippen LogP contribution in [0, 0.1) is 0 Å². The first-order valence-corrected chi connectivity index (χ1v) is 8.71. The van der Waals surface area contributed by atoms with Crippen LogP contribution in [0.2, 0.25) is 0 Å². The topological polar surface area (TPSA) is 79.4 Å². The van der Waals surface area contributed by atoms with E-state index in [4.69, 9.17) is 4.74 Å². The van der Waals surface area contributed by atoms with E-state index in [1.165, 1.54) is 0 Å². The fraction of sp³-hybridized carbons (Fsp3) is 0.389. The Balaban J connectivity index is 1.52. The van der Waals surface area contributed by atoms with Gasteiger partial charge in [0.25, 0.3) is 0 Å². The van der Waals surface area contributed by atoms with E-state index < -0.39 is 11.9 Å². The lowest BCUT2D eigenvalue weighted by Gasteiger charge is -2.32. The van der Waals surface area contributed by atoms with Crippen LogP contribution in [-0.2, 0) is 6.18 Å². The molecule has 3 rings (SSSR count). The maximum absolute atomic E-state index is 12.7. The number of carbonyl (C=O) groups is 1. The van der Waals surface area contributed by atoms with Gasteiger partial charge in [-0.3, -0.25) is 0 Å². The van der Waals surface area contributed by atoms with Crippen molar-refractivity contribution < 1.29 is 22.7 Å². The number of amides is 2. The molecule has 7 nitrogen and oxygen atoms in total. The van der Waals surface area contributed by atoms with Crippen LogP contribution in [0.15, 0.2) is 36.7 Å². The Labute approximate surface area is 159 Å². The second kappa shape index (κ2) is 8.32. The number of piperidine rings is 1. The monoisotopic (exact) mass is 395 g/mol. The molecular weight excluding hydrogens is 375 g/mol. The number of nitrogens with one attached hydrogen (secondary N) is 2. The van der Waals surface area contributed by atoms with Gasteiger partial charge >= 0.3 is 12.2 Å². The Bertz CT molecular complexity index is 823.